The molecule has 2 aromatic heterocycles. The molecular formula is C22H25N5O2S. The van der Waals surface area contributed by atoms with E-state index in [4.69, 9.17) is 0 Å². The summed E-state index contributed by atoms with van der Waals surface area (Å²) in [4.78, 5) is 30.9. The molecule has 7 nitrogen and oxygen atoms in total. The minimum absolute atomic E-state index is 0.129. The summed E-state index contributed by atoms with van der Waals surface area (Å²) in [6.45, 7) is 3.53. The lowest BCUT2D eigenvalue weighted by Crippen LogP contribution is -2.37. The average Bonchev–Trinajstić information content (AvgIpc) is 3.15. The molecule has 0 aliphatic carbocycles. The fraction of sp³-hybridized carbons (Fsp3) is 0.364. The van der Waals surface area contributed by atoms with Gasteiger partial charge in [0, 0.05) is 24.5 Å². The Balaban J connectivity index is 1.36. The van der Waals surface area contributed by atoms with Crippen LogP contribution in [0.5, 0.6) is 0 Å². The first-order chi connectivity index (χ1) is 14.6. The molecule has 30 heavy (non-hydrogen) atoms. The van der Waals surface area contributed by atoms with Crippen LogP contribution >= 0.6 is 11.3 Å². The van der Waals surface area contributed by atoms with E-state index in [-0.39, 0.29) is 18.0 Å². The van der Waals surface area contributed by atoms with Crippen molar-refractivity contribution in [3.63, 3.8) is 0 Å². The summed E-state index contributed by atoms with van der Waals surface area (Å²) in [5, 5.41) is 9.56. The van der Waals surface area contributed by atoms with Gasteiger partial charge >= 0.3 is 0 Å². The molecule has 1 amide bonds. The molecule has 156 valence electrons. The zero-order valence-corrected chi connectivity index (χ0v) is 17.8. The molecule has 1 saturated heterocycles. The summed E-state index contributed by atoms with van der Waals surface area (Å²) >= 11 is 1.36. The number of carbonyl (C=O) groups is 1. The van der Waals surface area contributed by atoms with Crippen LogP contribution in [0.3, 0.4) is 0 Å². The number of carbonyl (C=O) groups excluding carboxylic acids is 1. The molecular weight excluding hydrogens is 398 g/mol. The third-order valence-corrected chi connectivity index (χ3v) is 6.19. The van der Waals surface area contributed by atoms with E-state index >= 15 is 0 Å². The number of rotatable bonds is 6. The quantitative estimate of drug-likeness (QED) is 0.659. The summed E-state index contributed by atoms with van der Waals surface area (Å²) in [7, 11) is 0. The van der Waals surface area contributed by atoms with Crippen molar-refractivity contribution in [1.82, 2.24) is 14.8 Å². The van der Waals surface area contributed by atoms with E-state index in [9.17, 15) is 9.59 Å². The van der Waals surface area contributed by atoms with Crippen molar-refractivity contribution in [3.05, 3.63) is 69.5 Å². The highest BCUT2D eigenvalue weighted by atomic mass is 32.1. The number of hydrogen-bond acceptors (Lipinski definition) is 6. The van der Waals surface area contributed by atoms with Crippen molar-refractivity contribution in [2.45, 2.75) is 32.7 Å². The minimum Gasteiger partial charge on any atom is -0.355 e. The molecule has 4 rings (SSSR count). The van der Waals surface area contributed by atoms with Crippen molar-refractivity contribution in [1.29, 1.82) is 0 Å². The molecule has 0 bridgehead atoms. The van der Waals surface area contributed by atoms with Crippen LogP contribution in [0, 0.1) is 12.8 Å². The Labute approximate surface area is 179 Å². The molecule has 1 fully saturated rings. The van der Waals surface area contributed by atoms with Crippen LogP contribution < -0.4 is 15.8 Å². The Morgan fingerprint density at radius 2 is 1.93 bits per heavy atom. The largest absolute Gasteiger partial charge is 0.355 e. The van der Waals surface area contributed by atoms with E-state index in [0.717, 1.165) is 43.9 Å². The highest BCUT2D eigenvalue weighted by molar-refractivity contribution is 7.13. The molecule has 1 aromatic carbocycles. The third kappa shape index (κ3) is 5.13. The standard InChI is InChI=1S/C22H25N5O2S/c1-16-15-30-22(23-16)24-20(28)14-27-21(29)8-7-19(25-27)26-11-9-18(10-12-26)13-17-5-3-2-4-6-17/h2-8,15,18H,9-14H2,1H3,(H,23,24,28). The number of piperidine rings is 1. The summed E-state index contributed by atoms with van der Waals surface area (Å²) in [5.41, 5.74) is 1.94. The van der Waals surface area contributed by atoms with Gasteiger partial charge in [0.2, 0.25) is 5.91 Å². The van der Waals surface area contributed by atoms with Crippen molar-refractivity contribution < 1.29 is 4.79 Å². The van der Waals surface area contributed by atoms with Gasteiger partial charge in [0.25, 0.3) is 5.56 Å². The SMILES string of the molecule is Cc1csc(NC(=O)Cn2nc(N3CCC(Cc4ccccc4)CC3)ccc2=O)n1. The number of amides is 1. The van der Waals surface area contributed by atoms with Crippen LogP contribution in [-0.2, 0) is 17.8 Å². The minimum atomic E-state index is -0.308. The van der Waals surface area contributed by atoms with E-state index in [1.54, 1.807) is 6.07 Å². The number of nitrogens with zero attached hydrogens (tertiary/aromatic N) is 4. The Morgan fingerprint density at radius 3 is 2.63 bits per heavy atom. The predicted molar refractivity (Wildman–Crippen MR) is 119 cm³/mol. The molecule has 0 spiro atoms. The summed E-state index contributed by atoms with van der Waals surface area (Å²) in [6, 6.07) is 13.8. The number of thiazole rings is 1. The van der Waals surface area contributed by atoms with Crippen molar-refractivity contribution in [3.8, 4) is 0 Å². The average molecular weight is 424 g/mol. The topological polar surface area (TPSA) is 80.1 Å². The highest BCUT2D eigenvalue weighted by Gasteiger charge is 2.21. The van der Waals surface area contributed by atoms with Crippen LogP contribution in [0.2, 0.25) is 0 Å². The predicted octanol–water partition coefficient (Wildman–Crippen LogP) is 3.11. The second-order valence-electron chi connectivity index (χ2n) is 7.65. The second-order valence-corrected chi connectivity index (χ2v) is 8.51. The van der Waals surface area contributed by atoms with Gasteiger partial charge in [0.1, 0.15) is 12.4 Å². The van der Waals surface area contributed by atoms with Gasteiger partial charge in [0.15, 0.2) is 5.13 Å². The second kappa shape index (κ2) is 9.21. The van der Waals surface area contributed by atoms with E-state index in [1.165, 1.54) is 27.6 Å². The zero-order valence-electron chi connectivity index (χ0n) is 17.0. The number of nitrogens with one attached hydrogen (secondary N) is 1. The monoisotopic (exact) mass is 423 g/mol. The molecule has 0 atom stereocenters. The number of benzene rings is 1. The Kier molecular flexibility index (Phi) is 6.23. The fourth-order valence-corrected chi connectivity index (χ4v) is 4.44. The van der Waals surface area contributed by atoms with Crippen LogP contribution in [0.15, 0.2) is 52.6 Å². The Bertz CT molecular complexity index is 1050. The molecule has 3 aromatic rings. The van der Waals surface area contributed by atoms with Crippen LogP contribution in [-0.4, -0.2) is 33.8 Å². The molecule has 0 radical (unpaired) electrons. The van der Waals surface area contributed by atoms with Gasteiger partial charge in [-0.25, -0.2) is 9.67 Å². The first kappa shape index (κ1) is 20.3. The zero-order chi connectivity index (χ0) is 20.9. The van der Waals surface area contributed by atoms with Gasteiger partial charge in [0.05, 0.1) is 5.69 Å². The van der Waals surface area contributed by atoms with Crippen LogP contribution in [0.4, 0.5) is 10.9 Å². The van der Waals surface area contributed by atoms with Crippen molar-refractivity contribution in [2.24, 2.45) is 5.92 Å². The van der Waals surface area contributed by atoms with Gasteiger partial charge in [-0.3, -0.25) is 9.59 Å². The van der Waals surface area contributed by atoms with Crippen molar-refractivity contribution in [2.75, 3.05) is 23.3 Å². The molecule has 0 unspecified atom stereocenters. The molecule has 3 heterocycles. The lowest BCUT2D eigenvalue weighted by molar-refractivity contribution is -0.117. The first-order valence-electron chi connectivity index (χ1n) is 10.2. The number of aryl methyl sites for hydroxylation is 1. The van der Waals surface area contributed by atoms with Gasteiger partial charge in [-0.15, -0.1) is 11.3 Å². The van der Waals surface area contributed by atoms with Gasteiger partial charge in [-0.05, 0) is 43.7 Å². The van der Waals surface area contributed by atoms with Gasteiger partial charge in [-0.1, -0.05) is 30.3 Å². The maximum absolute atomic E-state index is 12.3. The maximum Gasteiger partial charge on any atom is 0.267 e. The molecule has 0 saturated carbocycles. The summed E-state index contributed by atoms with van der Waals surface area (Å²) in [6.07, 6.45) is 3.26. The fourth-order valence-electron chi connectivity index (χ4n) is 3.74. The lowest BCUT2D eigenvalue weighted by atomic mass is 9.90. The van der Waals surface area contributed by atoms with E-state index in [1.807, 2.05) is 18.4 Å². The summed E-state index contributed by atoms with van der Waals surface area (Å²) in [5.74, 6) is 1.09. The number of aromatic nitrogens is 3. The lowest BCUT2D eigenvalue weighted by Gasteiger charge is -2.33. The number of anilines is 2. The van der Waals surface area contributed by atoms with E-state index in [0.29, 0.717) is 11.0 Å². The molecule has 1 N–H and O–H groups in total. The molecule has 1 aliphatic rings. The molecule has 8 heteroatoms. The van der Waals surface area contributed by atoms with E-state index in [2.05, 4.69) is 44.6 Å². The highest BCUT2D eigenvalue weighted by Crippen LogP contribution is 2.24. The Hall–Kier alpha value is -3.00. The number of hydrogen-bond donors (Lipinski definition) is 1. The van der Waals surface area contributed by atoms with Gasteiger partial charge in [-0.2, -0.15) is 5.10 Å². The smallest absolute Gasteiger partial charge is 0.267 e. The van der Waals surface area contributed by atoms with E-state index < -0.39 is 0 Å². The first-order valence-corrected chi connectivity index (χ1v) is 11.0. The Morgan fingerprint density at radius 1 is 1.17 bits per heavy atom. The normalized spacial score (nSPS) is 14.6. The van der Waals surface area contributed by atoms with Crippen LogP contribution in [0.25, 0.3) is 0 Å². The summed E-state index contributed by atoms with van der Waals surface area (Å²) < 4.78 is 1.22. The molecule has 1 aliphatic heterocycles. The third-order valence-electron chi connectivity index (χ3n) is 5.32. The maximum atomic E-state index is 12.3. The van der Waals surface area contributed by atoms with Crippen molar-refractivity contribution >= 4 is 28.2 Å². The van der Waals surface area contributed by atoms with Gasteiger partial charge < -0.3 is 10.2 Å². The van der Waals surface area contributed by atoms with Crippen LogP contribution in [0.1, 0.15) is 24.1 Å².